The number of rotatable bonds is 5. The van der Waals surface area contributed by atoms with Gasteiger partial charge in [0.25, 0.3) is 0 Å². The number of anilines is 1. The molecular weight excluding hydrogens is 230 g/mol. The SMILES string of the molecule is COC(=O)CCNc1c(C)cc(C)c(C)c1OC. The van der Waals surface area contributed by atoms with Crippen molar-refractivity contribution in [3.63, 3.8) is 0 Å². The number of aryl methyl sites for hydroxylation is 2. The van der Waals surface area contributed by atoms with Gasteiger partial charge >= 0.3 is 5.97 Å². The summed E-state index contributed by atoms with van der Waals surface area (Å²) in [4.78, 5) is 11.1. The van der Waals surface area contributed by atoms with E-state index in [0.717, 1.165) is 22.6 Å². The summed E-state index contributed by atoms with van der Waals surface area (Å²) < 4.78 is 10.1. The van der Waals surface area contributed by atoms with Crippen LogP contribution in [0.1, 0.15) is 23.1 Å². The normalized spacial score (nSPS) is 10.1. The smallest absolute Gasteiger partial charge is 0.307 e. The van der Waals surface area contributed by atoms with Crippen LogP contribution in [-0.4, -0.2) is 26.7 Å². The number of nitrogens with one attached hydrogen (secondary N) is 1. The molecule has 4 nitrogen and oxygen atoms in total. The lowest BCUT2D eigenvalue weighted by Gasteiger charge is -2.17. The van der Waals surface area contributed by atoms with Gasteiger partial charge in [0.15, 0.2) is 0 Å². The lowest BCUT2D eigenvalue weighted by atomic mass is 10.0. The van der Waals surface area contributed by atoms with Crippen LogP contribution in [0, 0.1) is 20.8 Å². The zero-order chi connectivity index (χ0) is 13.7. The molecule has 1 aromatic carbocycles. The summed E-state index contributed by atoms with van der Waals surface area (Å²) in [7, 11) is 3.05. The number of ether oxygens (including phenoxy) is 2. The van der Waals surface area contributed by atoms with E-state index in [1.54, 1.807) is 7.11 Å². The molecule has 1 aromatic rings. The van der Waals surface area contributed by atoms with Crippen LogP contribution in [0.4, 0.5) is 5.69 Å². The molecule has 4 heteroatoms. The number of hydrogen-bond donors (Lipinski definition) is 1. The van der Waals surface area contributed by atoms with E-state index < -0.39 is 0 Å². The van der Waals surface area contributed by atoms with Gasteiger partial charge in [0.1, 0.15) is 5.75 Å². The molecular formula is C14H21NO3. The van der Waals surface area contributed by atoms with Crippen molar-refractivity contribution in [1.82, 2.24) is 0 Å². The molecule has 1 rings (SSSR count). The van der Waals surface area contributed by atoms with Gasteiger partial charge in [-0.25, -0.2) is 0 Å². The number of benzene rings is 1. The lowest BCUT2D eigenvalue weighted by molar-refractivity contribution is -0.140. The highest BCUT2D eigenvalue weighted by Crippen LogP contribution is 2.34. The number of carbonyl (C=O) groups is 1. The van der Waals surface area contributed by atoms with Gasteiger partial charge in [0, 0.05) is 6.54 Å². The van der Waals surface area contributed by atoms with Crippen LogP contribution in [0.15, 0.2) is 6.07 Å². The van der Waals surface area contributed by atoms with Crippen LogP contribution >= 0.6 is 0 Å². The second-order valence-corrected chi connectivity index (χ2v) is 4.30. The van der Waals surface area contributed by atoms with Crippen molar-refractivity contribution in [3.05, 3.63) is 22.8 Å². The van der Waals surface area contributed by atoms with Gasteiger partial charge in [-0.3, -0.25) is 4.79 Å². The molecule has 0 radical (unpaired) electrons. The Hall–Kier alpha value is -1.71. The Bertz CT molecular complexity index is 441. The van der Waals surface area contributed by atoms with Crippen LogP contribution in [0.25, 0.3) is 0 Å². The predicted octanol–water partition coefficient (Wildman–Crippen LogP) is 2.60. The summed E-state index contributed by atoms with van der Waals surface area (Å²) in [5, 5.41) is 3.24. The molecule has 0 amide bonds. The third kappa shape index (κ3) is 3.15. The molecule has 0 aliphatic heterocycles. The third-order valence-electron chi connectivity index (χ3n) is 3.05. The number of esters is 1. The maximum absolute atomic E-state index is 11.1. The summed E-state index contributed by atoms with van der Waals surface area (Å²) >= 11 is 0. The highest BCUT2D eigenvalue weighted by Gasteiger charge is 2.12. The van der Waals surface area contributed by atoms with E-state index in [2.05, 4.69) is 23.0 Å². The first-order valence-electron chi connectivity index (χ1n) is 5.96. The molecule has 1 N–H and O–H groups in total. The minimum absolute atomic E-state index is 0.219. The number of methoxy groups -OCH3 is 2. The molecule has 0 fully saturated rings. The van der Waals surface area contributed by atoms with Crippen LogP contribution in [0.3, 0.4) is 0 Å². The molecule has 0 atom stereocenters. The first-order valence-corrected chi connectivity index (χ1v) is 5.96. The molecule has 100 valence electrons. The van der Waals surface area contributed by atoms with E-state index in [0.29, 0.717) is 13.0 Å². The van der Waals surface area contributed by atoms with Gasteiger partial charge in [-0.15, -0.1) is 0 Å². The van der Waals surface area contributed by atoms with Gasteiger partial charge in [0.05, 0.1) is 26.3 Å². The Kier molecular flexibility index (Phi) is 5.01. The molecule has 0 spiro atoms. The van der Waals surface area contributed by atoms with Crippen molar-refractivity contribution in [3.8, 4) is 5.75 Å². The zero-order valence-corrected chi connectivity index (χ0v) is 11.7. The Morgan fingerprint density at radius 1 is 1.22 bits per heavy atom. The first-order chi connectivity index (χ1) is 8.51. The van der Waals surface area contributed by atoms with Gasteiger partial charge in [0.2, 0.25) is 0 Å². The van der Waals surface area contributed by atoms with E-state index in [1.807, 2.05) is 13.8 Å². The van der Waals surface area contributed by atoms with Crippen LogP contribution in [-0.2, 0) is 9.53 Å². The van der Waals surface area contributed by atoms with Crippen molar-refractivity contribution in [2.24, 2.45) is 0 Å². The van der Waals surface area contributed by atoms with Crippen LogP contribution in [0.2, 0.25) is 0 Å². The number of hydrogen-bond acceptors (Lipinski definition) is 4. The quantitative estimate of drug-likeness (QED) is 0.817. The molecule has 0 aliphatic rings. The monoisotopic (exact) mass is 251 g/mol. The fourth-order valence-electron chi connectivity index (χ4n) is 1.92. The van der Waals surface area contributed by atoms with Crippen molar-refractivity contribution in [1.29, 1.82) is 0 Å². The Morgan fingerprint density at radius 3 is 2.44 bits per heavy atom. The largest absolute Gasteiger partial charge is 0.494 e. The lowest BCUT2D eigenvalue weighted by Crippen LogP contribution is -2.11. The topological polar surface area (TPSA) is 47.6 Å². The van der Waals surface area contributed by atoms with Crippen LogP contribution in [0.5, 0.6) is 5.75 Å². The van der Waals surface area contributed by atoms with E-state index in [1.165, 1.54) is 12.7 Å². The van der Waals surface area contributed by atoms with E-state index in [-0.39, 0.29) is 5.97 Å². The van der Waals surface area contributed by atoms with Gasteiger partial charge in [-0.05, 0) is 37.5 Å². The molecule has 0 aliphatic carbocycles. The first kappa shape index (κ1) is 14.4. The maximum Gasteiger partial charge on any atom is 0.307 e. The summed E-state index contributed by atoms with van der Waals surface area (Å²) in [6, 6.07) is 2.11. The molecule has 0 unspecified atom stereocenters. The highest BCUT2D eigenvalue weighted by molar-refractivity contribution is 5.71. The summed E-state index contributed by atoms with van der Waals surface area (Å²) in [5.41, 5.74) is 4.37. The van der Waals surface area contributed by atoms with Crippen molar-refractivity contribution in [2.75, 3.05) is 26.1 Å². The predicted molar refractivity (Wildman–Crippen MR) is 72.3 cm³/mol. The Morgan fingerprint density at radius 2 is 1.89 bits per heavy atom. The average molecular weight is 251 g/mol. The number of carbonyl (C=O) groups excluding carboxylic acids is 1. The van der Waals surface area contributed by atoms with Crippen molar-refractivity contribution < 1.29 is 14.3 Å². The minimum atomic E-state index is -0.219. The summed E-state index contributed by atoms with van der Waals surface area (Å²) in [6.07, 6.45) is 0.339. The second-order valence-electron chi connectivity index (χ2n) is 4.30. The molecule has 18 heavy (non-hydrogen) atoms. The second kappa shape index (κ2) is 6.28. The molecule has 0 aromatic heterocycles. The average Bonchev–Trinajstić information content (AvgIpc) is 2.35. The fourth-order valence-corrected chi connectivity index (χ4v) is 1.92. The molecule has 0 heterocycles. The molecule has 0 bridgehead atoms. The maximum atomic E-state index is 11.1. The zero-order valence-electron chi connectivity index (χ0n) is 11.7. The molecule has 0 saturated heterocycles. The summed E-state index contributed by atoms with van der Waals surface area (Å²) in [6.45, 7) is 6.64. The molecule has 0 saturated carbocycles. The van der Waals surface area contributed by atoms with Crippen molar-refractivity contribution in [2.45, 2.75) is 27.2 Å². The standard InChI is InChI=1S/C14H21NO3/c1-9-8-10(2)13(14(18-5)11(9)3)15-7-6-12(16)17-4/h8,15H,6-7H2,1-5H3. The van der Waals surface area contributed by atoms with Gasteiger partial charge in [-0.1, -0.05) is 6.07 Å². The van der Waals surface area contributed by atoms with E-state index in [9.17, 15) is 4.79 Å². The summed E-state index contributed by atoms with van der Waals surface area (Å²) in [5.74, 6) is 0.625. The van der Waals surface area contributed by atoms with Gasteiger partial charge in [-0.2, -0.15) is 0 Å². The van der Waals surface area contributed by atoms with Crippen LogP contribution < -0.4 is 10.1 Å². The fraction of sp³-hybridized carbons (Fsp3) is 0.500. The van der Waals surface area contributed by atoms with Gasteiger partial charge < -0.3 is 14.8 Å². The highest BCUT2D eigenvalue weighted by atomic mass is 16.5. The van der Waals surface area contributed by atoms with Crippen molar-refractivity contribution >= 4 is 11.7 Å². The Labute approximate surface area is 108 Å². The van der Waals surface area contributed by atoms with E-state index >= 15 is 0 Å². The third-order valence-corrected chi connectivity index (χ3v) is 3.05. The Balaban J connectivity index is 2.88. The minimum Gasteiger partial charge on any atom is -0.494 e. The van der Waals surface area contributed by atoms with E-state index in [4.69, 9.17) is 4.74 Å².